The van der Waals surface area contributed by atoms with Crippen LogP contribution in [0.3, 0.4) is 0 Å². The number of halogens is 2. The fourth-order valence-electron chi connectivity index (χ4n) is 2.45. The second kappa shape index (κ2) is 7.17. The second-order valence-corrected chi connectivity index (χ2v) is 6.15. The van der Waals surface area contributed by atoms with Crippen LogP contribution in [-0.4, -0.2) is 18.0 Å². The summed E-state index contributed by atoms with van der Waals surface area (Å²) in [6.45, 7) is 3.09. The minimum absolute atomic E-state index is 0.00666. The molecule has 1 heterocycles. The van der Waals surface area contributed by atoms with Gasteiger partial charge in [0.15, 0.2) is 6.10 Å². The summed E-state index contributed by atoms with van der Waals surface area (Å²) in [5, 5.41) is 3.58. The summed E-state index contributed by atoms with van der Waals surface area (Å²) >= 11 is 5.95. The summed E-state index contributed by atoms with van der Waals surface area (Å²) in [5.74, 6) is -2.02. The maximum absolute atomic E-state index is 13.6. The first-order valence-electron chi connectivity index (χ1n) is 7.82. The molecular weight excluding hydrogens is 361 g/mol. The number of esters is 1. The first kappa shape index (κ1) is 17.9. The van der Waals surface area contributed by atoms with Crippen molar-refractivity contribution in [2.45, 2.75) is 20.0 Å². The molecule has 1 atom stereocenters. The summed E-state index contributed by atoms with van der Waals surface area (Å²) in [6.07, 6.45) is -1.14. The number of anilines is 1. The number of rotatable bonds is 4. The standard InChI is InChI=1S/C19H15ClFNO4/c1-10-13-9-12(20)7-8-16(13)26-17(10)19(24)25-11(2)18(23)22-15-6-4-3-5-14(15)21/h3-9,11H,1-2H3,(H,22,23)/t11-/m0/s1. The SMILES string of the molecule is Cc1c(C(=O)O[C@@H](C)C(=O)Nc2ccccc2F)oc2ccc(Cl)cc12. The molecule has 0 aliphatic heterocycles. The van der Waals surface area contributed by atoms with E-state index in [1.165, 1.54) is 25.1 Å². The van der Waals surface area contributed by atoms with Crippen LogP contribution in [0.1, 0.15) is 23.0 Å². The molecule has 0 radical (unpaired) electrons. The molecule has 0 aliphatic rings. The van der Waals surface area contributed by atoms with E-state index in [1.54, 1.807) is 31.2 Å². The van der Waals surface area contributed by atoms with Crippen molar-refractivity contribution >= 4 is 40.1 Å². The zero-order valence-corrected chi connectivity index (χ0v) is 14.8. The molecule has 0 saturated heterocycles. The molecule has 2 aromatic carbocycles. The second-order valence-electron chi connectivity index (χ2n) is 5.71. The van der Waals surface area contributed by atoms with Gasteiger partial charge in [0.05, 0.1) is 5.69 Å². The summed E-state index contributed by atoms with van der Waals surface area (Å²) in [6, 6.07) is 10.7. The topological polar surface area (TPSA) is 68.5 Å². The van der Waals surface area contributed by atoms with Crippen LogP contribution in [0.4, 0.5) is 10.1 Å². The zero-order chi connectivity index (χ0) is 18.8. The fraction of sp³-hybridized carbons (Fsp3) is 0.158. The Bertz CT molecular complexity index is 998. The van der Waals surface area contributed by atoms with Gasteiger partial charge < -0.3 is 14.5 Å². The maximum atomic E-state index is 13.6. The van der Waals surface area contributed by atoms with E-state index in [0.29, 0.717) is 21.6 Å². The summed E-state index contributed by atoms with van der Waals surface area (Å²) in [5.41, 5.74) is 1.06. The van der Waals surface area contributed by atoms with Crippen LogP contribution >= 0.6 is 11.6 Å². The minimum atomic E-state index is -1.14. The van der Waals surface area contributed by atoms with Crippen molar-refractivity contribution in [2.24, 2.45) is 0 Å². The summed E-state index contributed by atoms with van der Waals surface area (Å²) < 4.78 is 24.3. The third-order valence-electron chi connectivity index (χ3n) is 3.87. The maximum Gasteiger partial charge on any atom is 0.375 e. The molecule has 0 aliphatic carbocycles. The van der Waals surface area contributed by atoms with E-state index in [-0.39, 0.29) is 11.4 Å². The minimum Gasteiger partial charge on any atom is -0.449 e. The highest BCUT2D eigenvalue weighted by Gasteiger charge is 2.24. The molecule has 0 unspecified atom stereocenters. The molecule has 3 aromatic rings. The summed E-state index contributed by atoms with van der Waals surface area (Å²) in [4.78, 5) is 24.5. The molecule has 0 saturated carbocycles. The average Bonchev–Trinajstić information content (AvgIpc) is 2.93. The number of furan rings is 1. The number of nitrogens with one attached hydrogen (secondary N) is 1. The molecule has 26 heavy (non-hydrogen) atoms. The van der Waals surface area contributed by atoms with Crippen LogP contribution in [0.2, 0.25) is 5.02 Å². The number of benzene rings is 2. The molecule has 0 bridgehead atoms. The number of para-hydroxylation sites is 1. The smallest absolute Gasteiger partial charge is 0.375 e. The Hall–Kier alpha value is -2.86. The van der Waals surface area contributed by atoms with Crippen molar-refractivity contribution in [1.29, 1.82) is 0 Å². The highest BCUT2D eigenvalue weighted by atomic mass is 35.5. The van der Waals surface area contributed by atoms with Gasteiger partial charge in [0.25, 0.3) is 5.91 Å². The number of hydrogen-bond acceptors (Lipinski definition) is 4. The van der Waals surface area contributed by atoms with E-state index in [0.717, 1.165) is 0 Å². The van der Waals surface area contributed by atoms with Gasteiger partial charge in [-0.2, -0.15) is 0 Å². The molecular formula is C19H15ClFNO4. The molecule has 134 valence electrons. The molecule has 1 aromatic heterocycles. The van der Waals surface area contributed by atoms with Gasteiger partial charge in [0, 0.05) is 16.0 Å². The van der Waals surface area contributed by atoms with Gasteiger partial charge in [0.2, 0.25) is 5.76 Å². The largest absolute Gasteiger partial charge is 0.449 e. The van der Waals surface area contributed by atoms with E-state index in [9.17, 15) is 14.0 Å². The Morgan fingerprint density at radius 3 is 2.69 bits per heavy atom. The van der Waals surface area contributed by atoms with E-state index < -0.39 is 23.8 Å². The van der Waals surface area contributed by atoms with Crippen molar-refractivity contribution in [3.8, 4) is 0 Å². The van der Waals surface area contributed by atoms with E-state index in [1.807, 2.05) is 0 Å². The van der Waals surface area contributed by atoms with Crippen LogP contribution in [0, 0.1) is 12.7 Å². The number of carbonyl (C=O) groups excluding carboxylic acids is 2. The number of hydrogen-bond donors (Lipinski definition) is 1. The molecule has 3 rings (SSSR count). The van der Waals surface area contributed by atoms with Gasteiger partial charge in [0.1, 0.15) is 11.4 Å². The molecule has 5 nitrogen and oxygen atoms in total. The lowest BCUT2D eigenvalue weighted by Gasteiger charge is -2.13. The van der Waals surface area contributed by atoms with Gasteiger partial charge in [-0.25, -0.2) is 9.18 Å². The Kier molecular flexibility index (Phi) is 4.95. The lowest BCUT2D eigenvalue weighted by molar-refractivity contribution is -0.123. The predicted octanol–water partition coefficient (Wildman–Crippen LogP) is 4.72. The van der Waals surface area contributed by atoms with Crippen LogP contribution in [-0.2, 0) is 9.53 Å². The van der Waals surface area contributed by atoms with E-state index in [2.05, 4.69) is 5.32 Å². The third-order valence-corrected chi connectivity index (χ3v) is 4.10. The lowest BCUT2D eigenvalue weighted by Crippen LogP contribution is -2.30. The van der Waals surface area contributed by atoms with E-state index >= 15 is 0 Å². The lowest BCUT2D eigenvalue weighted by atomic mass is 10.1. The third kappa shape index (κ3) is 3.55. The first-order valence-corrected chi connectivity index (χ1v) is 8.19. The highest BCUT2D eigenvalue weighted by Crippen LogP contribution is 2.28. The van der Waals surface area contributed by atoms with Crippen molar-refractivity contribution in [2.75, 3.05) is 5.32 Å². The van der Waals surface area contributed by atoms with Gasteiger partial charge in [-0.1, -0.05) is 23.7 Å². The highest BCUT2D eigenvalue weighted by molar-refractivity contribution is 6.31. The Balaban J connectivity index is 1.74. The normalized spacial score (nSPS) is 12.0. The number of amides is 1. The molecule has 1 amide bonds. The van der Waals surface area contributed by atoms with Crippen molar-refractivity contribution in [1.82, 2.24) is 0 Å². The Morgan fingerprint density at radius 2 is 1.96 bits per heavy atom. The van der Waals surface area contributed by atoms with Gasteiger partial charge in [-0.15, -0.1) is 0 Å². The Labute approximate surface area is 153 Å². The first-order chi connectivity index (χ1) is 12.4. The average molecular weight is 376 g/mol. The predicted molar refractivity (Wildman–Crippen MR) is 95.9 cm³/mol. The van der Waals surface area contributed by atoms with Crippen LogP contribution < -0.4 is 5.32 Å². The summed E-state index contributed by atoms with van der Waals surface area (Å²) in [7, 11) is 0. The number of carbonyl (C=O) groups is 2. The van der Waals surface area contributed by atoms with Gasteiger partial charge in [-0.05, 0) is 44.2 Å². The molecule has 0 fully saturated rings. The van der Waals surface area contributed by atoms with Gasteiger partial charge in [-0.3, -0.25) is 4.79 Å². The molecule has 1 N–H and O–H groups in total. The van der Waals surface area contributed by atoms with Crippen LogP contribution in [0.5, 0.6) is 0 Å². The monoisotopic (exact) mass is 375 g/mol. The molecule has 7 heteroatoms. The van der Waals surface area contributed by atoms with Crippen molar-refractivity contribution < 1.29 is 23.1 Å². The van der Waals surface area contributed by atoms with Crippen LogP contribution in [0.15, 0.2) is 46.9 Å². The Morgan fingerprint density at radius 1 is 1.23 bits per heavy atom. The van der Waals surface area contributed by atoms with Crippen molar-refractivity contribution in [3.63, 3.8) is 0 Å². The van der Waals surface area contributed by atoms with Crippen LogP contribution in [0.25, 0.3) is 11.0 Å². The number of aryl methyl sites for hydroxylation is 1. The quantitative estimate of drug-likeness (QED) is 0.670. The van der Waals surface area contributed by atoms with Gasteiger partial charge >= 0.3 is 5.97 Å². The number of ether oxygens (including phenoxy) is 1. The van der Waals surface area contributed by atoms with Crippen molar-refractivity contribution in [3.05, 3.63) is 64.6 Å². The fourth-order valence-corrected chi connectivity index (χ4v) is 2.62. The van der Waals surface area contributed by atoms with E-state index in [4.69, 9.17) is 20.8 Å². The number of fused-ring (bicyclic) bond motifs is 1. The molecule has 0 spiro atoms. The zero-order valence-electron chi connectivity index (χ0n) is 14.0.